The first-order valence-electron chi connectivity index (χ1n) is 8.15. The number of rotatable bonds is 5. The van der Waals surface area contributed by atoms with Crippen molar-refractivity contribution >= 4 is 5.69 Å². The third kappa shape index (κ3) is 4.28. The van der Waals surface area contributed by atoms with Gasteiger partial charge in [-0.3, -0.25) is 0 Å². The highest BCUT2D eigenvalue weighted by Gasteiger charge is 2.09. The fraction of sp³-hybridized carbons (Fsp3) is 0.136. The molecule has 0 aliphatic heterocycles. The Morgan fingerprint density at radius 1 is 0.875 bits per heavy atom. The molecule has 2 heteroatoms. The fourth-order valence-electron chi connectivity index (χ4n) is 2.65. The second kappa shape index (κ2) is 7.54. The molecule has 1 aliphatic carbocycles. The van der Waals surface area contributed by atoms with Gasteiger partial charge < -0.3 is 10.6 Å². The molecule has 2 N–H and O–H groups in total. The molecule has 2 aromatic rings. The van der Waals surface area contributed by atoms with Gasteiger partial charge in [0.05, 0.1) is 0 Å². The lowest BCUT2D eigenvalue weighted by atomic mass is 10.1. The SMILES string of the molecule is Cc1ccc(CN(Cc2ccc(N)cc2)C2=CC=C=CC=C2)cc1. The summed E-state index contributed by atoms with van der Waals surface area (Å²) in [6.45, 7) is 3.80. The third-order valence-corrected chi connectivity index (χ3v) is 4.02. The number of nitrogen functional groups attached to an aromatic ring is 1. The largest absolute Gasteiger partial charge is 0.399 e. The molecule has 0 saturated carbocycles. The number of aryl methyl sites for hydroxylation is 1. The first-order valence-corrected chi connectivity index (χ1v) is 8.15. The Morgan fingerprint density at radius 2 is 1.50 bits per heavy atom. The molecule has 0 aromatic heterocycles. The van der Waals surface area contributed by atoms with Gasteiger partial charge in [-0.15, -0.1) is 5.73 Å². The van der Waals surface area contributed by atoms with E-state index >= 15 is 0 Å². The van der Waals surface area contributed by atoms with Crippen LogP contribution < -0.4 is 5.73 Å². The quantitative estimate of drug-likeness (QED) is 0.638. The maximum Gasteiger partial charge on any atom is 0.0433 e. The van der Waals surface area contributed by atoms with Crippen LogP contribution in [0.5, 0.6) is 0 Å². The highest BCUT2D eigenvalue weighted by Crippen LogP contribution is 2.19. The Kier molecular flexibility index (Phi) is 5.00. The van der Waals surface area contributed by atoms with E-state index in [0.29, 0.717) is 0 Å². The van der Waals surface area contributed by atoms with Gasteiger partial charge >= 0.3 is 0 Å². The topological polar surface area (TPSA) is 29.3 Å². The van der Waals surface area contributed by atoms with Crippen molar-refractivity contribution in [3.8, 4) is 0 Å². The number of hydrogen-bond donors (Lipinski definition) is 1. The number of allylic oxidation sites excluding steroid dienone is 4. The first-order chi connectivity index (χ1) is 11.7. The summed E-state index contributed by atoms with van der Waals surface area (Å²) in [5.41, 5.74) is 14.7. The zero-order valence-electron chi connectivity index (χ0n) is 13.9. The predicted molar refractivity (Wildman–Crippen MR) is 101 cm³/mol. The third-order valence-electron chi connectivity index (χ3n) is 4.02. The minimum Gasteiger partial charge on any atom is -0.399 e. The van der Waals surface area contributed by atoms with Gasteiger partial charge in [0.2, 0.25) is 0 Å². The van der Waals surface area contributed by atoms with E-state index < -0.39 is 0 Å². The minimum absolute atomic E-state index is 0.796. The molecule has 0 heterocycles. The number of anilines is 1. The van der Waals surface area contributed by atoms with Gasteiger partial charge in [-0.1, -0.05) is 48.0 Å². The van der Waals surface area contributed by atoms with Crippen LogP contribution in [-0.2, 0) is 13.1 Å². The number of hydrogen-bond acceptors (Lipinski definition) is 2. The van der Waals surface area contributed by atoms with E-state index in [2.05, 4.69) is 66.1 Å². The van der Waals surface area contributed by atoms with E-state index in [4.69, 9.17) is 5.73 Å². The maximum absolute atomic E-state index is 5.81. The highest BCUT2D eigenvalue weighted by atomic mass is 15.1. The Balaban J connectivity index is 1.85. The van der Waals surface area contributed by atoms with Crippen molar-refractivity contribution < 1.29 is 0 Å². The summed E-state index contributed by atoms with van der Waals surface area (Å²) in [5, 5.41) is 0. The van der Waals surface area contributed by atoms with Crippen LogP contribution in [-0.4, -0.2) is 4.90 Å². The number of nitrogens with zero attached hydrogens (tertiary/aromatic N) is 1. The molecule has 0 bridgehead atoms. The van der Waals surface area contributed by atoms with Crippen LogP contribution in [0.25, 0.3) is 0 Å². The summed E-state index contributed by atoms with van der Waals surface area (Å²) >= 11 is 0. The van der Waals surface area contributed by atoms with E-state index in [0.717, 1.165) is 18.8 Å². The van der Waals surface area contributed by atoms with Gasteiger partial charge in [-0.25, -0.2) is 0 Å². The minimum atomic E-state index is 0.796. The average Bonchev–Trinajstić information content (AvgIpc) is 2.87. The van der Waals surface area contributed by atoms with Crippen LogP contribution >= 0.6 is 0 Å². The number of benzene rings is 2. The zero-order chi connectivity index (χ0) is 16.8. The van der Waals surface area contributed by atoms with E-state index in [9.17, 15) is 0 Å². The lowest BCUT2D eigenvalue weighted by Gasteiger charge is -2.26. The Labute approximate surface area is 143 Å². The molecular weight excluding hydrogens is 292 g/mol. The fourth-order valence-corrected chi connectivity index (χ4v) is 2.65. The van der Waals surface area contributed by atoms with E-state index in [-0.39, 0.29) is 0 Å². The molecule has 0 fully saturated rings. The van der Waals surface area contributed by atoms with Crippen molar-refractivity contribution in [2.45, 2.75) is 20.0 Å². The molecule has 0 radical (unpaired) electrons. The van der Waals surface area contributed by atoms with Crippen LogP contribution in [0.15, 0.2) is 90.3 Å². The van der Waals surface area contributed by atoms with E-state index in [1.807, 2.05) is 30.4 Å². The molecule has 0 spiro atoms. The molecule has 3 rings (SSSR count). The molecule has 24 heavy (non-hydrogen) atoms. The summed E-state index contributed by atoms with van der Waals surface area (Å²) in [4.78, 5) is 2.37. The zero-order valence-corrected chi connectivity index (χ0v) is 13.9. The summed E-state index contributed by atoms with van der Waals surface area (Å²) in [7, 11) is 0. The van der Waals surface area contributed by atoms with Gasteiger partial charge in [0.1, 0.15) is 0 Å². The Morgan fingerprint density at radius 3 is 2.17 bits per heavy atom. The Hall–Kier alpha value is -2.96. The van der Waals surface area contributed by atoms with E-state index in [1.54, 1.807) is 0 Å². The van der Waals surface area contributed by atoms with Crippen LogP contribution in [0.1, 0.15) is 16.7 Å². The molecule has 0 amide bonds. The smallest absolute Gasteiger partial charge is 0.0433 e. The van der Waals surface area contributed by atoms with Crippen LogP contribution in [0.2, 0.25) is 0 Å². The van der Waals surface area contributed by atoms with Gasteiger partial charge in [-0.05, 0) is 54.5 Å². The Bertz CT molecular complexity index is 755. The standard InChI is InChI=1S/C22H22N2/c1-18-8-10-19(11-9-18)16-24(22-6-4-2-3-5-7-22)17-20-12-14-21(23)15-13-20/h2,4-15H,16-17,23H2,1H3. The molecule has 2 aromatic carbocycles. The predicted octanol–water partition coefficient (Wildman–Crippen LogP) is 4.74. The van der Waals surface area contributed by atoms with Gasteiger partial charge in [0, 0.05) is 24.5 Å². The normalized spacial score (nSPS) is 12.8. The van der Waals surface area contributed by atoms with Crippen molar-refractivity contribution in [3.63, 3.8) is 0 Å². The van der Waals surface area contributed by atoms with Crippen LogP contribution in [0, 0.1) is 6.92 Å². The summed E-state index contributed by atoms with van der Waals surface area (Å²) < 4.78 is 0. The van der Waals surface area contributed by atoms with Gasteiger partial charge in [0.15, 0.2) is 0 Å². The van der Waals surface area contributed by atoms with Crippen LogP contribution in [0.4, 0.5) is 5.69 Å². The van der Waals surface area contributed by atoms with Crippen molar-refractivity contribution in [1.82, 2.24) is 4.90 Å². The van der Waals surface area contributed by atoms with E-state index in [1.165, 1.54) is 22.4 Å². The lowest BCUT2D eigenvalue weighted by molar-refractivity contribution is 0.339. The highest BCUT2D eigenvalue weighted by molar-refractivity contribution is 5.39. The monoisotopic (exact) mass is 314 g/mol. The average molecular weight is 314 g/mol. The van der Waals surface area contributed by atoms with Crippen molar-refractivity contribution in [2.24, 2.45) is 0 Å². The second-order valence-corrected chi connectivity index (χ2v) is 6.03. The summed E-state index contributed by atoms with van der Waals surface area (Å²) in [5.74, 6) is 0. The van der Waals surface area contributed by atoms with Crippen molar-refractivity contribution in [2.75, 3.05) is 5.73 Å². The maximum atomic E-state index is 5.81. The van der Waals surface area contributed by atoms with Crippen LogP contribution in [0.3, 0.4) is 0 Å². The molecule has 1 aliphatic rings. The van der Waals surface area contributed by atoms with Crippen molar-refractivity contribution in [1.29, 1.82) is 0 Å². The molecule has 0 unspecified atom stereocenters. The second-order valence-electron chi connectivity index (χ2n) is 6.03. The molecule has 120 valence electrons. The summed E-state index contributed by atoms with van der Waals surface area (Å²) in [6.07, 6.45) is 10.1. The lowest BCUT2D eigenvalue weighted by Crippen LogP contribution is -2.21. The molecule has 0 saturated heterocycles. The first kappa shape index (κ1) is 15.9. The molecule has 0 atom stereocenters. The molecular formula is C22H22N2. The molecule has 2 nitrogen and oxygen atoms in total. The van der Waals surface area contributed by atoms with Crippen molar-refractivity contribution in [3.05, 3.63) is 107 Å². The van der Waals surface area contributed by atoms with Gasteiger partial charge in [-0.2, -0.15) is 0 Å². The number of nitrogens with two attached hydrogens (primary N) is 1. The van der Waals surface area contributed by atoms with Gasteiger partial charge in [0.25, 0.3) is 0 Å². The summed E-state index contributed by atoms with van der Waals surface area (Å²) in [6, 6.07) is 16.8.